The predicted octanol–water partition coefficient (Wildman–Crippen LogP) is 1.78. The van der Waals surface area contributed by atoms with Crippen LogP contribution in [0.15, 0.2) is 29.4 Å². The van der Waals surface area contributed by atoms with Crippen molar-refractivity contribution in [1.82, 2.24) is 0 Å². The largest absolute Gasteiger partial charge is 0.497 e. The Morgan fingerprint density at radius 3 is 2.31 bits per heavy atom. The van der Waals surface area contributed by atoms with Crippen molar-refractivity contribution in [2.45, 2.75) is 19.4 Å². The van der Waals surface area contributed by atoms with Crippen LogP contribution < -0.4 is 4.74 Å². The smallest absolute Gasteiger partial charge is 0.230 e. The van der Waals surface area contributed by atoms with Gasteiger partial charge in [0.1, 0.15) is 5.75 Å². The molecule has 0 spiro atoms. The zero-order valence-corrected chi connectivity index (χ0v) is 9.48. The maximum atomic E-state index is 11.9. The fourth-order valence-corrected chi connectivity index (χ4v) is 1.46. The second-order valence-corrected chi connectivity index (χ2v) is 4.10. The summed E-state index contributed by atoms with van der Waals surface area (Å²) in [4.78, 5) is 17.0. The van der Waals surface area contributed by atoms with Gasteiger partial charge in [-0.25, -0.2) is 0 Å². The van der Waals surface area contributed by atoms with Gasteiger partial charge in [-0.1, -0.05) is 5.16 Å². The molecule has 1 aromatic carbocycles. The number of nitrogens with zero attached hydrogens (tertiary/aromatic N) is 1. The van der Waals surface area contributed by atoms with Crippen molar-refractivity contribution < 1.29 is 14.4 Å². The molecule has 1 aromatic rings. The topological polar surface area (TPSA) is 47.9 Å². The van der Waals surface area contributed by atoms with Gasteiger partial charge in [0, 0.05) is 5.56 Å². The van der Waals surface area contributed by atoms with Crippen LogP contribution in [0.25, 0.3) is 0 Å². The van der Waals surface area contributed by atoms with Gasteiger partial charge >= 0.3 is 0 Å². The van der Waals surface area contributed by atoms with Crippen molar-refractivity contribution in [3.63, 3.8) is 0 Å². The van der Waals surface area contributed by atoms with Crippen LogP contribution in [0, 0.1) is 0 Å². The lowest BCUT2D eigenvalue weighted by atomic mass is 9.96. The third-order valence-corrected chi connectivity index (χ3v) is 2.49. The van der Waals surface area contributed by atoms with Crippen LogP contribution in [-0.4, -0.2) is 24.2 Å². The van der Waals surface area contributed by atoms with E-state index in [4.69, 9.17) is 9.57 Å². The number of hydrogen-bond acceptors (Lipinski definition) is 4. The molecule has 0 aliphatic carbocycles. The molecule has 4 heteroatoms. The highest BCUT2D eigenvalue weighted by Crippen LogP contribution is 2.23. The molecule has 0 saturated heterocycles. The molecule has 2 rings (SSSR count). The average molecular weight is 219 g/mol. The Hall–Kier alpha value is -1.84. The second kappa shape index (κ2) is 3.63. The highest BCUT2D eigenvalue weighted by atomic mass is 16.7. The van der Waals surface area contributed by atoms with Crippen molar-refractivity contribution in [1.29, 1.82) is 0 Å². The number of hydrogen-bond donors (Lipinski definition) is 0. The standard InChI is InChI=1S/C12H13NO3/c1-12(2)11(14)10(13-16-12)8-4-6-9(15-3)7-5-8/h4-7H,1-3H3. The van der Waals surface area contributed by atoms with Crippen LogP contribution >= 0.6 is 0 Å². The Kier molecular flexibility index (Phi) is 2.42. The van der Waals surface area contributed by atoms with Crippen LogP contribution in [-0.2, 0) is 9.63 Å². The van der Waals surface area contributed by atoms with Gasteiger partial charge in [-0.3, -0.25) is 4.79 Å². The molecule has 0 fully saturated rings. The van der Waals surface area contributed by atoms with Gasteiger partial charge in [-0.15, -0.1) is 0 Å². The average Bonchev–Trinajstić information content (AvgIpc) is 2.55. The van der Waals surface area contributed by atoms with Crippen molar-refractivity contribution in [2.24, 2.45) is 5.16 Å². The monoisotopic (exact) mass is 219 g/mol. The lowest BCUT2D eigenvalue weighted by molar-refractivity contribution is -0.128. The first kappa shape index (κ1) is 10.7. The first-order chi connectivity index (χ1) is 7.54. The van der Waals surface area contributed by atoms with Crippen LogP contribution in [0.5, 0.6) is 5.75 Å². The van der Waals surface area contributed by atoms with Gasteiger partial charge in [0.15, 0.2) is 11.3 Å². The summed E-state index contributed by atoms with van der Waals surface area (Å²) < 4.78 is 5.04. The Morgan fingerprint density at radius 1 is 1.25 bits per heavy atom. The van der Waals surface area contributed by atoms with E-state index in [1.165, 1.54) is 0 Å². The molecule has 0 bridgehead atoms. The third kappa shape index (κ3) is 1.66. The van der Waals surface area contributed by atoms with E-state index in [0.29, 0.717) is 5.71 Å². The molecule has 84 valence electrons. The SMILES string of the molecule is COc1ccc(C2=NOC(C)(C)C2=O)cc1. The minimum Gasteiger partial charge on any atom is -0.497 e. The van der Waals surface area contributed by atoms with Gasteiger partial charge in [0.05, 0.1) is 7.11 Å². The van der Waals surface area contributed by atoms with E-state index in [1.807, 2.05) is 0 Å². The first-order valence-corrected chi connectivity index (χ1v) is 5.00. The number of ether oxygens (including phenoxy) is 1. The number of carbonyl (C=O) groups is 1. The fourth-order valence-electron chi connectivity index (χ4n) is 1.46. The minimum absolute atomic E-state index is 0.0994. The van der Waals surface area contributed by atoms with Crippen LogP contribution in [0.2, 0.25) is 0 Å². The summed E-state index contributed by atoms with van der Waals surface area (Å²) in [5, 5.41) is 3.82. The molecule has 1 heterocycles. The van der Waals surface area contributed by atoms with Gasteiger partial charge < -0.3 is 9.57 Å². The summed E-state index contributed by atoms with van der Waals surface area (Å²) in [5.74, 6) is 0.646. The lowest BCUT2D eigenvalue weighted by Gasteiger charge is -2.11. The Labute approximate surface area is 93.9 Å². The van der Waals surface area contributed by atoms with Crippen molar-refractivity contribution in [3.8, 4) is 5.75 Å². The number of oxime groups is 1. The first-order valence-electron chi connectivity index (χ1n) is 5.00. The van der Waals surface area contributed by atoms with E-state index in [2.05, 4.69) is 5.16 Å². The van der Waals surface area contributed by atoms with E-state index >= 15 is 0 Å². The molecule has 1 aliphatic rings. The van der Waals surface area contributed by atoms with Crippen molar-refractivity contribution in [3.05, 3.63) is 29.8 Å². The van der Waals surface area contributed by atoms with Crippen molar-refractivity contribution >= 4 is 11.5 Å². The molecule has 0 radical (unpaired) electrons. The summed E-state index contributed by atoms with van der Waals surface area (Å²) in [6.07, 6.45) is 0. The highest BCUT2D eigenvalue weighted by Gasteiger charge is 2.40. The normalized spacial score (nSPS) is 17.9. The number of Topliss-reactive ketones (excluding diaryl/α,β-unsaturated/α-hetero) is 1. The van der Waals surface area contributed by atoms with Gasteiger partial charge in [-0.05, 0) is 38.1 Å². The minimum atomic E-state index is -0.852. The number of carbonyl (C=O) groups excluding carboxylic acids is 1. The molecule has 0 atom stereocenters. The molecule has 0 unspecified atom stereocenters. The molecular formula is C12H13NO3. The van der Waals surface area contributed by atoms with E-state index in [9.17, 15) is 4.79 Å². The number of benzene rings is 1. The summed E-state index contributed by atoms with van der Waals surface area (Å²) in [6, 6.07) is 7.16. The third-order valence-electron chi connectivity index (χ3n) is 2.49. The fraction of sp³-hybridized carbons (Fsp3) is 0.333. The predicted molar refractivity (Wildman–Crippen MR) is 59.7 cm³/mol. The lowest BCUT2D eigenvalue weighted by Crippen LogP contribution is -2.32. The summed E-state index contributed by atoms with van der Waals surface area (Å²) in [5.41, 5.74) is 0.263. The molecule has 0 aromatic heterocycles. The van der Waals surface area contributed by atoms with Gasteiger partial charge in [0.2, 0.25) is 5.78 Å². The van der Waals surface area contributed by atoms with E-state index in [-0.39, 0.29) is 5.78 Å². The summed E-state index contributed by atoms with van der Waals surface area (Å²) in [7, 11) is 1.60. The Balaban J connectivity index is 2.29. The van der Waals surface area contributed by atoms with E-state index in [1.54, 1.807) is 45.2 Å². The molecule has 0 amide bonds. The zero-order chi connectivity index (χ0) is 11.8. The van der Waals surface area contributed by atoms with Crippen molar-refractivity contribution in [2.75, 3.05) is 7.11 Å². The second-order valence-electron chi connectivity index (χ2n) is 4.10. The molecule has 16 heavy (non-hydrogen) atoms. The molecule has 4 nitrogen and oxygen atoms in total. The van der Waals surface area contributed by atoms with Gasteiger partial charge in [0.25, 0.3) is 0 Å². The molecule has 0 N–H and O–H groups in total. The summed E-state index contributed by atoms with van der Waals surface area (Å²) in [6.45, 7) is 3.41. The summed E-state index contributed by atoms with van der Waals surface area (Å²) >= 11 is 0. The number of rotatable bonds is 2. The zero-order valence-electron chi connectivity index (χ0n) is 9.48. The van der Waals surface area contributed by atoms with Gasteiger partial charge in [-0.2, -0.15) is 0 Å². The molecular weight excluding hydrogens is 206 g/mol. The maximum Gasteiger partial charge on any atom is 0.230 e. The molecule has 1 aliphatic heterocycles. The van der Waals surface area contributed by atoms with E-state index < -0.39 is 5.60 Å². The van der Waals surface area contributed by atoms with Crippen LogP contribution in [0.3, 0.4) is 0 Å². The highest BCUT2D eigenvalue weighted by molar-refractivity contribution is 6.49. The molecule has 0 saturated carbocycles. The Morgan fingerprint density at radius 2 is 1.88 bits per heavy atom. The quantitative estimate of drug-likeness (QED) is 0.761. The number of methoxy groups -OCH3 is 1. The van der Waals surface area contributed by atoms with Crippen LogP contribution in [0.1, 0.15) is 19.4 Å². The number of ketones is 1. The van der Waals surface area contributed by atoms with E-state index in [0.717, 1.165) is 11.3 Å². The van der Waals surface area contributed by atoms with Crippen LogP contribution in [0.4, 0.5) is 0 Å². The maximum absolute atomic E-state index is 11.9. The Bertz CT molecular complexity index is 446.